The van der Waals surface area contributed by atoms with Crippen molar-refractivity contribution in [2.24, 2.45) is 0 Å². The molecule has 11 heavy (non-hydrogen) atoms. The fraction of sp³-hybridized carbons (Fsp3) is 0.857. The van der Waals surface area contributed by atoms with Crippen LogP contribution in [0.4, 0.5) is 0 Å². The van der Waals surface area contributed by atoms with Crippen LogP contribution in [-0.4, -0.2) is 44.7 Å². The lowest BCUT2D eigenvalue weighted by atomic mass is 10.4. The predicted octanol–water partition coefficient (Wildman–Crippen LogP) is -0.0704. The first kappa shape index (κ1) is 10.4. The number of rotatable bonds is 6. The molecule has 4 nitrogen and oxygen atoms in total. The Balaban J connectivity index is 3.05. The number of methoxy groups -OCH3 is 1. The highest BCUT2D eigenvalue weighted by Crippen LogP contribution is 1.85. The molecule has 0 spiro atoms. The van der Waals surface area contributed by atoms with Gasteiger partial charge in [0.05, 0.1) is 13.2 Å². The minimum Gasteiger partial charge on any atom is -0.388 e. The molecule has 0 aliphatic carbocycles. The van der Waals surface area contributed by atoms with Crippen molar-refractivity contribution in [1.29, 1.82) is 0 Å². The van der Waals surface area contributed by atoms with Gasteiger partial charge in [-0.15, -0.1) is 0 Å². The summed E-state index contributed by atoms with van der Waals surface area (Å²) < 4.78 is 9.61. The number of aliphatic hydroxyl groups excluding tert-OH is 1. The Hall–Kier alpha value is -0.630. The van der Waals surface area contributed by atoms with Gasteiger partial charge < -0.3 is 19.4 Å². The fourth-order valence-corrected chi connectivity index (χ4v) is 0.570. The second-order valence-electron chi connectivity index (χ2n) is 2.07. The van der Waals surface area contributed by atoms with Crippen LogP contribution in [0.15, 0.2) is 0 Å². The lowest BCUT2D eigenvalue weighted by Crippen LogP contribution is -2.21. The van der Waals surface area contributed by atoms with E-state index in [1.807, 2.05) is 0 Å². The van der Waals surface area contributed by atoms with E-state index in [-0.39, 0.29) is 13.2 Å². The molecule has 64 valence electrons. The molecule has 0 aromatic heterocycles. The Labute approximate surface area is 66.6 Å². The molecule has 0 saturated carbocycles. The number of nitrogens with zero attached hydrogens (tertiary/aromatic N) is 1. The zero-order valence-electron chi connectivity index (χ0n) is 6.62. The van der Waals surface area contributed by atoms with E-state index in [4.69, 9.17) is 16.4 Å². The molecule has 0 fully saturated rings. The average molecular weight is 159 g/mol. The molecule has 1 unspecified atom stereocenters. The maximum atomic E-state index is 9.02. The lowest BCUT2D eigenvalue weighted by molar-refractivity contribution is -0.00299. The Morgan fingerprint density at radius 1 is 1.55 bits per heavy atom. The van der Waals surface area contributed by atoms with E-state index >= 15 is 0 Å². The molecular formula is C7H13NO3. The highest BCUT2D eigenvalue weighted by atomic mass is 16.5. The van der Waals surface area contributed by atoms with E-state index in [2.05, 4.69) is 9.58 Å². The zero-order valence-corrected chi connectivity index (χ0v) is 6.62. The third-order valence-corrected chi connectivity index (χ3v) is 1.02. The van der Waals surface area contributed by atoms with Gasteiger partial charge in [0.25, 0.3) is 0 Å². The van der Waals surface area contributed by atoms with E-state index in [0.717, 1.165) is 0 Å². The van der Waals surface area contributed by atoms with Crippen molar-refractivity contribution in [3.63, 3.8) is 0 Å². The molecule has 0 rings (SSSR count). The van der Waals surface area contributed by atoms with Crippen LogP contribution in [0.1, 0.15) is 0 Å². The van der Waals surface area contributed by atoms with Crippen molar-refractivity contribution in [2.45, 2.75) is 6.10 Å². The Morgan fingerprint density at radius 3 is 2.82 bits per heavy atom. The molecule has 0 heterocycles. The number of aliphatic hydroxyl groups is 1. The summed E-state index contributed by atoms with van der Waals surface area (Å²) in [5.74, 6) is 0. The summed E-state index contributed by atoms with van der Waals surface area (Å²) in [5.41, 5.74) is 0. The maximum absolute atomic E-state index is 9.02. The molecule has 4 heteroatoms. The van der Waals surface area contributed by atoms with E-state index < -0.39 is 6.10 Å². The summed E-state index contributed by atoms with van der Waals surface area (Å²) in [6.07, 6.45) is -0.578. The zero-order chi connectivity index (χ0) is 8.53. The van der Waals surface area contributed by atoms with Gasteiger partial charge in [-0.1, -0.05) is 0 Å². The molecule has 0 bridgehead atoms. The van der Waals surface area contributed by atoms with Gasteiger partial charge in [0.15, 0.2) is 0 Å². The van der Waals surface area contributed by atoms with Gasteiger partial charge in [0, 0.05) is 7.11 Å². The van der Waals surface area contributed by atoms with Gasteiger partial charge in [-0.05, 0) is 0 Å². The van der Waals surface area contributed by atoms with E-state index in [9.17, 15) is 0 Å². The van der Waals surface area contributed by atoms with E-state index in [1.165, 1.54) is 7.11 Å². The van der Waals surface area contributed by atoms with Crippen molar-refractivity contribution in [3.8, 4) is 0 Å². The number of hydrogen-bond donors (Lipinski definition) is 1. The van der Waals surface area contributed by atoms with Crippen LogP contribution < -0.4 is 0 Å². The normalized spacial score (nSPS) is 12.5. The molecule has 1 atom stereocenters. The number of hydrogen-bond acceptors (Lipinski definition) is 3. The topological polar surface area (TPSA) is 43.0 Å². The van der Waals surface area contributed by atoms with Crippen LogP contribution in [0, 0.1) is 6.57 Å². The van der Waals surface area contributed by atoms with Crippen LogP contribution in [0.2, 0.25) is 0 Å². The first-order valence-corrected chi connectivity index (χ1v) is 3.39. The molecular weight excluding hydrogens is 146 g/mol. The van der Waals surface area contributed by atoms with Crippen molar-refractivity contribution in [3.05, 3.63) is 11.4 Å². The summed E-state index contributed by atoms with van der Waals surface area (Å²) in [5, 5.41) is 9.02. The van der Waals surface area contributed by atoms with Crippen molar-refractivity contribution in [1.82, 2.24) is 0 Å². The molecule has 0 amide bonds. The summed E-state index contributed by atoms with van der Waals surface area (Å²) in [4.78, 5) is 3.09. The third-order valence-electron chi connectivity index (χ3n) is 1.02. The lowest BCUT2D eigenvalue weighted by Gasteiger charge is -2.07. The van der Waals surface area contributed by atoms with Gasteiger partial charge in [-0.25, -0.2) is 6.57 Å². The van der Waals surface area contributed by atoms with Crippen LogP contribution in [0.5, 0.6) is 0 Å². The van der Waals surface area contributed by atoms with Gasteiger partial charge >= 0.3 is 0 Å². The fourth-order valence-electron chi connectivity index (χ4n) is 0.570. The highest BCUT2D eigenvalue weighted by Gasteiger charge is 2.02. The molecule has 0 aliphatic rings. The quantitative estimate of drug-likeness (QED) is 0.436. The SMILES string of the molecule is [C-]#[N+]CCOCC(O)COC. The summed E-state index contributed by atoms with van der Waals surface area (Å²) >= 11 is 0. The van der Waals surface area contributed by atoms with Crippen molar-refractivity contribution in [2.75, 3.05) is 33.5 Å². The Bertz CT molecular complexity index is 121. The second-order valence-corrected chi connectivity index (χ2v) is 2.07. The Morgan fingerprint density at radius 2 is 2.27 bits per heavy atom. The summed E-state index contributed by atoms with van der Waals surface area (Å²) in [6.45, 7) is 7.67. The average Bonchev–Trinajstić information content (AvgIpc) is 1.99. The Kier molecular flexibility index (Phi) is 7.05. The highest BCUT2D eigenvalue weighted by molar-refractivity contribution is 4.57. The third kappa shape index (κ3) is 7.26. The molecule has 0 aromatic carbocycles. The van der Waals surface area contributed by atoms with Gasteiger partial charge in [-0.2, -0.15) is 0 Å². The smallest absolute Gasteiger partial charge is 0.237 e. The molecule has 0 saturated heterocycles. The first-order valence-electron chi connectivity index (χ1n) is 3.39. The summed E-state index contributed by atoms with van der Waals surface area (Å²) in [6, 6.07) is 0. The molecule has 1 N–H and O–H groups in total. The minimum atomic E-state index is -0.578. The largest absolute Gasteiger partial charge is 0.388 e. The van der Waals surface area contributed by atoms with Gasteiger partial charge in [0.1, 0.15) is 12.7 Å². The van der Waals surface area contributed by atoms with Gasteiger partial charge in [-0.3, -0.25) is 0 Å². The minimum absolute atomic E-state index is 0.239. The molecule has 0 aromatic rings. The van der Waals surface area contributed by atoms with E-state index in [1.54, 1.807) is 0 Å². The number of ether oxygens (including phenoxy) is 2. The van der Waals surface area contributed by atoms with Gasteiger partial charge in [0.2, 0.25) is 6.54 Å². The van der Waals surface area contributed by atoms with E-state index in [0.29, 0.717) is 13.2 Å². The second kappa shape index (κ2) is 7.48. The predicted molar refractivity (Wildman–Crippen MR) is 40.2 cm³/mol. The first-order chi connectivity index (χ1) is 5.31. The van der Waals surface area contributed by atoms with Crippen LogP contribution in [0.25, 0.3) is 4.85 Å². The van der Waals surface area contributed by atoms with Crippen LogP contribution in [-0.2, 0) is 9.47 Å². The van der Waals surface area contributed by atoms with Crippen molar-refractivity contribution >= 4 is 0 Å². The van der Waals surface area contributed by atoms with Crippen molar-refractivity contribution < 1.29 is 14.6 Å². The monoisotopic (exact) mass is 159 g/mol. The van der Waals surface area contributed by atoms with Crippen LogP contribution in [0.3, 0.4) is 0 Å². The molecule has 0 aliphatic heterocycles. The molecule has 0 radical (unpaired) electrons. The summed E-state index contributed by atoms with van der Waals surface area (Å²) in [7, 11) is 1.52. The maximum Gasteiger partial charge on any atom is 0.237 e. The van der Waals surface area contributed by atoms with Crippen LogP contribution >= 0.6 is 0 Å². The standard InChI is InChI=1S/C7H13NO3/c1-8-3-4-11-6-7(9)5-10-2/h7,9H,3-6H2,2H3.